The van der Waals surface area contributed by atoms with Gasteiger partial charge in [-0.3, -0.25) is 9.59 Å². The van der Waals surface area contributed by atoms with E-state index in [1.807, 2.05) is 43.3 Å². The van der Waals surface area contributed by atoms with Crippen LogP contribution in [0, 0.1) is 11.3 Å². The maximum atomic E-state index is 12.5. The number of nitriles is 1. The first kappa shape index (κ1) is 22.4. The summed E-state index contributed by atoms with van der Waals surface area (Å²) in [5, 5.41) is 14.9. The van der Waals surface area contributed by atoms with E-state index in [1.54, 1.807) is 42.7 Å². The lowest BCUT2D eigenvalue weighted by Gasteiger charge is -2.13. The lowest BCUT2D eigenvalue weighted by molar-refractivity contribution is -0.123. The molecule has 2 aromatic carbocycles. The highest BCUT2D eigenvalue weighted by atomic mass is 16.5. The van der Waals surface area contributed by atoms with E-state index in [0.717, 1.165) is 5.56 Å². The van der Waals surface area contributed by atoms with Gasteiger partial charge in [0.15, 0.2) is 6.61 Å². The highest BCUT2D eigenvalue weighted by molar-refractivity contribution is 6.01. The molecule has 0 saturated heterocycles. The fourth-order valence-corrected chi connectivity index (χ4v) is 2.87. The smallest absolute Gasteiger partial charge is 0.262 e. The predicted molar refractivity (Wildman–Crippen MR) is 119 cm³/mol. The van der Waals surface area contributed by atoms with Crippen LogP contribution in [0.1, 0.15) is 29.9 Å². The van der Waals surface area contributed by atoms with Crippen LogP contribution in [-0.4, -0.2) is 18.4 Å². The summed E-state index contributed by atoms with van der Waals surface area (Å²) in [5.74, 6) is 0.430. The second kappa shape index (κ2) is 11.2. The Kier molecular flexibility index (Phi) is 7.82. The van der Waals surface area contributed by atoms with Crippen molar-refractivity contribution in [1.29, 1.82) is 5.26 Å². The topological polar surface area (TPSA) is 104 Å². The van der Waals surface area contributed by atoms with E-state index in [1.165, 1.54) is 6.08 Å². The van der Waals surface area contributed by atoms with Crippen LogP contribution >= 0.6 is 0 Å². The number of rotatable bonds is 9. The molecule has 1 heterocycles. The standard InChI is InChI=1S/C25H23N3O4/c1-18(20-6-3-2-4-7-20)28-25(30)21(15-26)14-19-9-11-22(12-10-19)32-17-24(29)27-16-23-8-5-13-31-23/h2-14,18H,16-17H2,1H3,(H,27,29)(H,28,30)/b21-14+/t18-/m1/s1. The summed E-state index contributed by atoms with van der Waals surface area (Å²) in [6.07, 6.45) is 3.05. The van der Waals surface area contributed by atoms with E-state index in [4.69, 9.17) is 9.15 Å². The molecule has 3 rings (SSSR count). The van der Waals surface area contributed by atoms with Crippen molar-refractivity contribution < 1.29 is 18.7 Å². The van der Waals surface area contributed by atoms with Crippen molar-refractivity contribution in [2.24, 2.45) is 0 Å². The number of nitrogens with zero attached hydrogens (tertiary/aromatic N) is 1. The lowest BCUT2D eigenvalue weighted by atomic mass is 10.1. The number of benzene rings is 2. The van der Waals surface area contributed by atoms with Crippen LogP contribution in [0.3, 0.4) is 0 Å². The van der Waals surface area contributed by atoms with Gasteiger partial charge in [0.2, 0.25) is 0 Å². The Hall–Kier alpha value is -4.31. The summed E-state index contributed by atoms with van der Waals surface area (Å²) < 4.78 is 10.6. The van der Waals surface area contributed by atoms with E-state index in [-0.39, 0.29) is 24.1 Å². The second-order valence-electron chi connectivity index (χ2n) is 6.99. The maximum absolute atomic E-state index is 12.5. The van der Waals surface area contributed by atoms with Gasteiger partial charge < -0.3 is 19.8 Å². The zero-order chi connectivity index (χ0) is 22.8. The van der Waals surface area contributed by atoms with Crippen molar-refractivity contribution in [3.63, 3.8) is 0 Å². The Bertz CT molecular complexity index is 1100. The van der Waals surface area contributed by atoms with E-state index in [0.29, 0.717) is 23.6 Å². The molecule has 1 aromatic heterocycles. The number of hydrogen-bond acceptors (Lipinski definition) is 5. The van der Waals surface area contributed by atoms with Crippen LogP contribution in [0.2, 0.25) is 0 Å². The normalized spacial score (nSPS) is 11.8. The molecule has 0 aliphatic carbocycles. The van der Waals surface area contributed by atoms with Crippen LogP contribution in [0.25, 0.3) is 6.08 Å². The van der Waals surface area contributed by atoms with E-state index >= 15 is 0 Å². The molecule has 3 aromatic rings. The first-order chi connectivity index (χ1) is 15.5. The summed E-state index contributed by atoms with van der Waals surface area (Å²) in [6.45, 7) is 2.01. The molecule has 0 spiro atoms. The summed E-state index contributed by atoms with van der Waals surface area (Å²) in [5.41, 5.74) is 1.62. The van der Waals surface area contributed by atoms with Crippen molar-refractivity contribution in [2.75, 3.05) is 6.61 Å². The summed E-state index contributed by atoms with van der Waals surface area (Å²) in [7, 11) is 0. The summed E-state index contributed by atoms with van der Waals surface area (Å²) in [6, 6.07) is 21.5. The monoisotopic (exact) mass is 429 g/mol. The average molecular weight is 429 g/mol. The predicted octanol–water partition coefficient (Wildman–Crippen LogP) is 3.76. The fraction of sp³-hybridized carbons (Fsp3) is 0.160. The van der Waals surface area contributed by atoms with Gasteiger partial charge in [0, 0.05) is 0 Å². The van der Waals surface area contributed by atoms with Gasteiger partial charge in [-0.1, -0.05) is 42.5 Å². The van der Waals surface area contributed by atoms with Gasteiger partial charge in [-0.05, 0) is 48.4 Å². The zero-order valence-corrected chi connectivity index (χ0v) is 17.6. The van der Waals surface area contributed by atoms with Crippen LogP contribution in [0.5, 0.6) is 5.75 Å². The minimum Gasteiger partial charge on any atom is -0.484 e. The van der Waals surface area contributed by atoms with E-state index < -0.39 is 5.91 Å². The Morgan fingerprint density at radius 3 is 2.50 bits per heavy atom. The molecular formula is C25H23N3O4. The van der Waals surface area contributed by atoms with Crippen molar-refractivity contribution >= 4 is 17.9 Å². The van der Waals surface area contributed by atoms with Gasteiger partial charge >= 0.3 is 0 Å². The lowest BCUT2D eigenvalue weighted by Crippen LogP contribution is -2.28. The maximum Gasteiger partial charge on any atom is 0.262 e. The Labute approximate surface area is 186 Å². The number of ether oxygens (including phenoxy) is 1. The first-order valence-electron chi connectivity index (χ1n) is 10.0. The number of amides is 2. The Morgan fingerprint density at radius 1 is 1.09 bits per heavy atom. The molecule has 1 atom stereocenters. The largest absolute Gasteiger partial charge is 0.484 e. The van der Waals surface area contributed by atoms with Crippen LogP contribution in [0.15, 0.2) is 83.0 Å². The molecule has 0 unspecified atom stereocenters. The van der Waals surface area contributed by atoms with Gasteiger partial charge in [0.1, 0.15) is 23.2 Å². The molecule has 7 heteroatoms. The molecule has 2 N–H and O–H groups in total. The fourth-order valence-electron chi connectivity index (χ4n) is 2.87. The summed E-state index contributed by atoms with van der Waals surface area (Å²) in [4.78, 5) is 24.3. The molecule has 0 bridgehead atoms. The SMILES string of the molecule is C[C@@H](NC(=O)/C(C#N)=C/c1ccc(OCC(=O)NCc2ccco2)cc1)c1ccccc1. The number of nitrogens with one attached hydrogen (secondary N) is 2. The first-order valence-corrected chi connectivity index (χ1v) is 10.0. The molecule has 7 nitrogen and oxygen atoms in total. The van der Waals surface area contributed by atoms with Crippen LogP contribution < -0.4 is 15.4 Å². The molecule has 2 amide bonds. The third-order valence-corrected chi connectivity index (χ3v) is 4.61. The third kappa shape index (κ3) is 6.61. The highest BCUT2D eigenvalue weighted by Gasteiger charge is 2.13. The number of carbonyl (C=O) groups excluding carboxylic acids is 2. The van der Waals surface area contributed by atoms with E-state index in [2.05, 4.69) is 10.6 Å². The molecule has 0 saturated carbocycles. The van der Waals surface area contributed by atoms with Gasteiger partial charge in [-0.25, -0.2) is 0 Å². The second-order valence-corrected chi connectivity index (χ2v) is 6.99. The summed E-state index contributed by atoms with van der Waals surface area (Å²) >= 11 is 0. The zero-order valence-electron chi connectivity index (χ0n) is 17.6. The molecular weight excluding hydrogens is 406 g/mol. The Morgan fingerprint density at radius 2 is 1.84 bits per heavy atom. The molecule has 0 radical (unpaired) electrons. The van der Waals surface area contributed by atoms with Crippen molar-refractivity contribution in [3.8, 4) is 11.8 Å². The Balaban J connectivity index is 1.52. The van der Waals surface area contributed by atoms with Crippen molar-refractivity contribution in [3.05, 3.63) is 95.5 Å². The van der Waals surface area contributed by atoms with Crippen molar-refractivity contribution in [1.82, 2.24) is 10.6 Å². The number of hydrogen-bond donors (Lipinski definition) is 2. The molecule has 0 fully saturated rings. The molecule has 0 aliphatic heterocycles. The molecule has 0 aliphatic rings. The van der Waals surface area contributed by atoms with Gasteiger partial charge in [0.05, 0.1) is 18.8 Å². The third-order valence-electron chi connectivity index (χ3n) is 4.61. The molecule has 32 heavy (non-hydrogen) atoms. The van der Waals surface area contributed by atoms with Gasteiger partial charge in [0.25, 0.3) is 11.8 Å². The minimum absolute atomic E-state index is 0.00115. The minimum atomic E-state index is -0.447. The van der Waals surface area contributed by atoms with Crippen LogP contribution in [0.4, 0.5) is 0 Å². The quantitative estimate of drug-likeness (QED) is 0.398. The average Bonchev–Trinajstić information content (AvgIpc) is 3.35. The highest BCUT2D eigenvalue weighted by Crippen LogP contribution is 2.16. The number of carbonyl (C=O) groups is 2. The van der Waals surface area contributed by atoms with Crippen molar-refractivity contribution in [2.45, 2.75) is 19.5 Å². The number of furan rings is 1. The van der Waals surface area contributed by atoms with Gasteiger partial charge in [-0.2, -0.15) is 5.26 Å². The van der Waals surface area contributed by atoms with E-state index in [9.17, 15) is 14.9 Å². The van der Waals surface area contributed by atoms with Crippen LogP contribution in [-0.2, 0) is 16.1 Å². The molecule has 162 valence electrons. The van der Waals surface area contributed by atoms with Gasteiger partial charge in [-0.15, -0.1) is 0 Å².